The molecule has 28 heavy (non-hydrogen) atoms. The number of Topliss-reactive ketones (excluding diaryl/α,β-unsaturated/α-hetero) is 1. The second kappa shape index (κ2) is 7.94. The molecule has 1 saturated carbocycles. The maximum Gasteiger partial charge on any atom is 0.343 e. The van der Waals surface area contributed by atoms with Crippen molar-refractivity contribution in [1.29, 1.82) is 0 Å². The molecule has 1 aromatic heterocycles. The van der Waals surface area contributed by atoms with E-state index in [-0.39, 0.29) is 34.5 Å². The third-order valence-electron chi connectivity index (χ3n) is 6.22. The van der Waals surface area contributed by atoms with Crippen LogP contribution in [0.25, 0.3) is 0 Å². The van der Waals surface area contributed by atoms with Crippen molar-refractivity contribution >= 4 is 5.78 Å². The molecule has 1 aromatic carbocycles. The van der Waals surface area contributed by atoms with E-state index in [1.54, 1.807) is 0 Å². The molecule has 148 valence electrons. The van der Waals surface area contributed by atoms with Crippen molar-refractivity contribution in [3.8, 4) is 5.75 Å². The summed E-state index contributed by atoms with van der Waals surface area (Å²) in [5.41, 5.74) is 1.06. The van der Waals surface area contributed by atoms with Gasteiger partial charge in [0, 0.05) is 18.3 Å². The molecular formula is C24H28O4. The molecule has 0 bridgehead atoms. The van der Waals surface area contributed by atoms with E-state index in [0.29, 0.717) is 18.1 Å². The first-order valence-electron chi connectivity index (χ1n) is 10.6. The molecule has 2 aromatic rings. The van der Waals surface area contributed by atoms with Crippen LogP contribution in [0.2, 0.25) is 0 Å². The highest BCUT2D eigenvalue weighted by Crippen LogP contribution is 2.49. The molecule has 1 fully saturated rings. The van der Waals surface area contributed by atoms with E-state index in [1.807, 2.05) is 30.3 Å². The molecule has 1 heterocycles. The Morgan fingerprint density at radius 3 is 2.54 bits per heavy atom. The molecular weight excluding hydrogens is 352 g/mol. The zero-order chi connectivity index (χ0) is 19.7. The predicted octanol–water partition coefficient (Wildman–Crippen LogP) is 5.53. The summed E-state index contributed by atoms with van der Waals surface area (Å²) in [5.74, 6) is 0.310. The number of hydrogen-bond acceptors (Lipinski definition) is 4. The van der Waals surface area contributed by atoms with Crippen LogP contribution in [0.4, 0.5) is 0 Å². The van der Waals surface area contributed by atoms with E-state index in [2.05, 4.69) is 6.92 Å². The van der Waals surface area contributed by atoms with Crippen LogP contribution in [0.15, 0.2) is 39.5 Å². The molecule has 0 radical (unpaired) electrons. The zero-order valence-corrected chi connectivity index (χ0v) is 16.4. The molecule has 4 nitrogen and oxygen atoms in total. The van der Waals surface area contributed by atoms with Crippen LogP contribution in [0.1, 0.15) is 97.4 Å². The van der Waals surface area contributed by atoms with E-state index in [1.165, 1.54) is 0 Å². The Bertz CT molecular complexity index is 908. The molecule has 1 N–H and O–H groups in total. The van der Waals surface area contributed by atoms with Crippen molar-refractivity contribution in [1.82, 2.24) is 0 Å². The number of fused-ring (bicyclic) bond motifs is 1. The SMILES string of the molecule is CCCC1CCCCC(=O)c2c1oc(=O)c(C(c1ccccc1)C1CC1)c2O. The number of aromatic hydroxyl groups is 1. The van der Waals surface area contributed by atoms with Crippen LogP contribution in [0, 0.1) is 5.92 Å². The minimum atomic E-state index is -0.480. The van der Waals surface area contributed by atoms with Gasteiger partial charge in [-0.2, -0.15) is 0 Å². The first-order valence-corrected chi connectivity index (χ1v) is 10.6. The minimum Gasteiger partial charge on any atom is -0.506 e. The van der Waals surface area contributed by atoms with E-state index in [0.717, 1.165) is 50.5 Å². The lowest BCUT2D eigenvalue weighted by Crippen LogP contribution is -2.22. The Hall–Kier alpha value is -2.36. The van der Waals surface area contributed by atoms with Crippen molar-refractivity contribution in [2.24, 2.45) is 5.92 Å². The Balaban J connectivity index is 1.90. The topological polar surface area (TPSA) is 67.5 Å². The van der Waals surface area contributed by atoms with Crippen LogP contribution in [0.5, 0.6) is 5.75 Å². The lowest BCUT2D eigenvalue weighted by molar-refractivity contribution is 0.0965. The average molecular weight is 380 g/mol. The van der Waals surface area contributed by atoms with E-state index < -0.39 is 5.63 Å². The molecule has 2 aliphatic rings. The normalized spacial score (nSPS) is 20.9. The van der Waals surface area contributed by atoms with Gasteiger partial charge in [0.25, 0.3) is 0 Å². The molecule has 2 aliphatic carbocycles. The molecule has 4 rings (SSSR count). The maximum atomic E-state index is 13.1. The Morgan fingerprint density at radius 2 is 1.86 bits per heavy atom. The lowest BCUT2D eigenvalue weighted by Gasteiger charge is -2.24. The fraction of sp³-hybridized carbons (Fsp3) is 0.500. The van der Waals surface area contributed by atoms with Gasteiger partial charge in [-0.05, 0) is 43.6 Å². The van der Waals surface area contributed by atoms with Gasteiger partial charge in [0.15, 0.2) is 5.78 Å². The Labute approximate surface area is 165 Å². The number of hydrogen-bond donors (Lipinski definition) is 1. The van der Waals surface area contributed by atoms with Crippen molar-refractivity contribution in [3.05, 3.63) is 63.2 Å². The van der Waals surface area contributed by atoms with Crippen molar-refractivity contribution in [2.75, 3.05) is 0 Å². The second-order valence-corrected chi connectivity index (χ2v) is 8.27. The van der Waals surface area contributed by atoms with Gasteiger partial charge < -0.3 is 9.52 Å². The van der Waals surface area contributed by atoms with Gasteiger partial charge in [0.05, 0.1) is 11.1 Å². The predicted molar refractivity (Wildman–Crippen MR) is 108 cm³/mol. The summed E-state index contributed by atoms with van der Waals surface area (Å²) in [6.07, 6.45) is 6.87. The Kier molecular flexibility index (Phi) is 5.38. The van der Waals surface area contributed by atoms with E-state index in [4.69, 9.17) is 4.42 Å². The molecule has 0 saturated heterocycles. The summed E-state index contributed by atoms with van der Waals surface area (Å²) in [6, 6.07) is 9.80. The summed E-state index contributed by atoms with van der Waals surface area (Å²) in [4.78, 5) is 26.0. The third kappa shape index (κ3) is 3.52. The summed E-state index contributed by atoms with van der Waals surface area (Å²) in [5, 5.41) is 11.2. The average Bonchev–Trinajstić information content (AvgIpc) is 3.51. The van der Waals surface area contributed by atoms with Gasteiger partial charge >= 0.3 is 5.63 Å². The maximum absolute atomic E-state index is 13.1. The number of benzene rings is 1. The second-order valence-electron chi connectivity index (χ2n) is 8.27. The number of carbonyl (C=O) groups excluding carboxylic acids is 1. The first-order chi connectivity index (χ1) is 13.6. The van der Waals surface area contributed by atoms with Gasteiger partial charge in [-0.15, -0.1) is 0 Å². The number of carbonyl (C=O) groups is 1. The highest BCUT2D eigenvalue weighted by atomic mass is 16.4. The standard InChI is InChI=1S/C24H28O4/c1-2-8-17-11-6-7-12-18(25)20-22(26)21(24(27)28-23(17)20)19(16-13-14-16)15-9-4-3-5-10-15/h3-5,9-10,16-17,19,26H,2,6-8,11-14H2,1H3. The molecule has 0 aliphatic heterocycles. The number of ketones is 1. The van der Waals surface area contributed by atoms with Crippen LogP contribution in [-0.4, -0.2) is 10.9 Å². The summed E-state index contributed by atoms with van der Waals surface area (Å²) in [7, 11) is 0. The van der Waals surface area contributed by atoms with Gasteiger partial charge in [0.2, 0.25) is 0 Å². The lowest BCUT2D eigenvalue weighted by atomic mass is 9.82. The monoisotopic (exact) mass is 380 g/mol. The molecule has 0 spiro atoms. The molecule has 4 heteroatoms. The van der Waals surface area contributed by atoms with E-state index >= 15 is 0 Å². The fourth-order valence-electron chi connectivity index (χ4n) is 4.71. The smallest absolute Gasteiger partial charge is 0.343 e. The minimum absolute atomic E-state index is 0.0213. The first kappa shape index (κ1) is 19.0. The quantitative estimate of drug-likeness (QED) is 0.741. The Morgan fingerprint density at radius 1 is 1.11 bits per heavy atom. The van der Waals surface area contributed by atoms with Gasteiger partial charge in [0.1, 0.15) is 11.5 Å². The third-order valence-corrected chi connectivity index (χ3v) is 6.22. The zero-order valence-electron chi connectivity index (χ0n) is 16.4. The van der Waals surface area contributed by atoms with Gasteiger partial charge in [-0.3, -0.25) is 4.79 Å². The van der Waals surface area contributed by atoms with Crippen molar-refractivity contribution in [3.63, 3.8) is 0 Å². The van der Waals surface area contributed by atoms with Gasteiger partial charge in [-0.25, -0.2) is 4.79 Å². The molecule has 2 unspecified atom stereocenters. The number of rotatable bonds is 5. The molecule has 0 amide bonds. The highest BCUT2D eigenvalue weighted by Gasteiger charge is 2.40. The summed E-state index contributed by atoms with van der Waals surface area (Å²) < 4.78 is 5.83. The van der Waals surface area contributed by atoms with Crippen molar-refractivity contribution < 1.29 is 14.3 Å². The van der Waals surface area contributed by atoms with Gasteiger partial charge in [-0.1, -0.05) is 50.1 Å². The van der Waals surface area contributed by atoms with E-state index in [9.17, 15) is 14.7 Å². The molecule has 2 atom stereocenters. The van der Waals surface area contributed by atoms with Crippen molar-refractivity contribution in [2.45, 2.75) is 70.1 Å². The van der Waals surface area contributed by atoms with Crippen LogP contribution < -0.4 is 5.63 Å². The summed E-state index contributed by atoms with van der Waals surface area (Å²) in [6.45, 7) is 2.09. The highest BCUT2D eigenvalue weighted by molar-refractivity contribution is 6.00. The van der Waals surface area contributed by atoms with Crippen LogP contribution >= 0.6 is 0 Å². The van der Waals surface area contributed by atoms with Crippen LogP contribution in [-0.2, 0) is 0 Å². The summed E-state index contributed by atoms with van der Waals surface area (Å²) >= 11 is 0. The van der Waals surface area contributed by atoms with Crippen LogP contribution in [0.3, 0.4) is 0 Å². The fourth-order valence-corrected chi connectivity index (χ4v) is 4.71. The largest absolute Gasteiger partial charge is 0.506 e.